The fourth-order valence-corrected chi connectivity index (χ4v) is 4.30. The zero-order valence-corrected chi connectivity index (χ0v) is 24.4. The van der Waals surface area contributed by atoms with E-state index in [0.29, 0.717) is 0 Å². The Morgan fingerprint density at radius 1 is 0.611 bits per heavy atom. The third-order valence-electron chi connectivity index (χ3n) is 6.76. The molecule has 0 rings (SSSR count). The summed E-state index contributed by atoms with van der Waals surface area (Å²) in [5.74, 6) is 6.06. The number of rotatable bonds is 25. The highest BCUT2D eigenvalue weighted by Gasteiger charge is 2.15. The normalized spacial score (nSPS) is 10.7. The van der Waals surface area contributed by atoms with Gasteiger partial charge in [0.15, 0.2) is 0 Å². The van der Waals surface area contributed by atoms with E-state index in [4.69, 9.17) is 4.74 Å². The van der Waals surface area contributed by atoms with Gasteiger partial charge >= 0.3 is 0 Å². The molecule has 0 aromatic heterocycles. The predicted molar refractivity (Wildman–Crippen MR) is 153 cm³/mol. The van der Waals surface area contributed by atoms with E-state index in [1.54, 1.807) is 4.90 Å². The van der Waals surface area contributed by atoms with E-state index in [1.807, 2.05) is 18.9 Å². The molecule has 5 nitrogen and oxygen atoms in total. The van der Waals surface area contributed by atoms with Crippen LogP contribution in [0.25, 0.3) is 0 Å². The summed E-state index contributed by atoms with van der Waals surface area (Å²) >= 11 is 0. The van der Waals surface area contributed by atoms with Crippen molar-refractivity contribution in [2.75, 3.05) is 39.9 Å². The zero-order valence-electron chi connectivity index (χ0n) is 24.4. The number of nitrogens with zero attached hydrogens (tertiary/aromatic N) is 2. The summed E-state index contributed by atoms with van der Waals surface area (Å²) in [7, 11) is 1.83. The predicted octanol–water partition coefficient (Wildman–Crippen LogP) is 7.37. The van der Waals surface area contributed by atoms with Crippen LogP contribution in [0.5, 0.6) is 0 Å². The van der Waals surface area contributed by atoms with Crippen molar-refractivity contribution in [1.29, 1.82) is 0 Å². The molecule has 36 heavy (non-hydrogen) atoms. The molecule has 0 aromatic carbocycles. The summed E-state index contributed by atoms with van der Waals surface area (Å²) in [6.07, 6.45) is 21.3. The molecule has 0 aromatic rings. The van der Waals surface area contributed by atoms with Gasteiger partial charge in [-0.2, -0.15) is 0 Å². The number of carbonyl (C=O) groups excluding carboxylic acids is 2. The second kappa shape index (κ2) is 26.5. The average Bonchev–Trinajstić information content (AvgIpc) is 2.88. The summed E-state index contributed by atoms with van der Waals surface area (Å²) in [5.41, 5.74) is 0. The molecule has 0 bridgehead atoms. The second-order valence-electron chi connectivity index (χ2n) is 10.2. The Morgan fingerprint density at radius 3 is 1.58 bits per heavy atom. The molecule has 0 N–H and O–H groups in total. The van der Waals surface area contributed by atoms with Crippen LogP contribution in [0.3, 0.4) is 0 Å². The first kappa shape index (κ1) is 34.5. The maximum Gasteiger partial charge on any atom is 0.248 e. The summed E-state index contributed by atoms with van der Waals surface area (Å²) < 4.78 is 5.57. The van der Waals surface area contributed by atoms with Gasteiger partial charge in [0, 0.05) is 33.1 Å². The highest BCUT2D eigenvalue weighted by Crippen LogP contribution is 2.10. The fourth-order valence-electron chi connectivity index (χ4n) is 4.30. The van der Waals surface area contributed by atoms with Gasteiger partial charge < -0.3 is 14.5 Å². The topological polar surface area (TPSA) is 49.9 Å². The summed E-state index contributed by atoms with van der Waals surface area (Å²) in [6, 6.07) is 0. The molecule has 0 unspecified atom stereocenters. The SMILES string of the molecule is CC#CCCCCCCCN(CCCCCCCC)C(=O)COCC(=O)N(C)CCCCCCCC. The van der Waals surface area contributed by atoms with Crippen LogP contribution in [-0.4, -0.2) is 61.5 Å². The second-order valence-corrected chi connectivity index (χ2v) is 10.2. The Hall–Kier alpha value is -1.54. The first-order chi connectivity index (χ1) is 17.6. The van der Waals surface area contributed by atoms with E-state index in [1.165, 1.54) is 70.6 Å². The minimum atomic E-state index is -0.0356. The number of ether oxygens (including phenoxy) is 1. The number of carbonyl (C=O) groups is 2. The molecule has 0 heterocycles. The largest absolute Gasteiger partial charge is 0.362 e. The van der Waals surface area contributed by atoms with E-state index in [9.17, 15) is 9.59 Å². The minimum Gasteiger partial charge on any atom is -0.362 e. The number of hydrogen-bond donors (Lipinski definition) is 0. The molecule has 210 valence electrons. The van der Waals surface area contributed by atoms with Crippen LogP contribution in [0, 0.1) is 11.8 Å². The molecule has 0 saturated heterocycles. The van der Waals surface area contributed by atoms with Crippen LogP contribution >= 0.6 is 0 Å². The smallest absolute Gasteiger partial charge is 0.248 e. The summed E-state index contributed by atoms with van der Waals surface area (Å²) in [6.45, 7) is 8.68. The maximum atomic E-state index is 12.9. The Balaban J connectivity index is 4.27. The average molecular weight is 507 g/mol. The lowest BCUT2D eigenvalue weighted by atomic mass is 10.1. The highest BCUT2D eigenvalue weighted by atomic mass is 16.5. The van der Waals surface area contributed by atoms with E-state index in [0.717, 1.165) is 64.6 Å². The van der Waals surface area contributed by atoms with E-state index < -0.39 is 0 Å². The quantitative estimate of drug-likeness (QED) is 0.0959. The third kappa shape index (κ3) is 21.7. The molecular weight excluding hydrogens is 448 g/mol. The van der Waals surface area contributed by atoms with Gasteiger partial charge in [0.05, 0.1) is 0 Å². The van der Waals surface area contributed by atoms with Gasteiger partial charge in [0.2, 0.25) is 11.8 Å². The lowest BCUT2D eigenvalue weighted by molar-refractivity contribution is -0.141. The Bertz CT molecular complexity index is 582. The molecule has 0 spiro atoms. The van der Waals surface area contributed by atoms with Crippen molar-refractivity contribution in [2.45, 2.75) is 136 Å². The number of amides is 2. The molecule has 0 aliphatic carbocycles. The van der Waals surface area contributed by atoms with Crippen molar-refractivity contribution in [1.82, 2.24) is 9.80 Å². The van der Waals surface area contributed by atoms with Crippen LogP contribution in [0.15, 0.2) is 0 Å². The van der Waals surface area contributed by atoms with Gasteiger partial charge in [-0.05, 0) is 32.6 Å². The van der Waals surface area contributed by atoms with Crippen molar-refractivity contribution in [3.63, 3.8) is 0 Å². The summed E-state index contributed by atoms with van der Waals surface area (Å²) in [4.78, 5) is 28.9. The zero-order chi connectivity index (χ0) is 26.7. The Morgan fingerprint density at radius 2 is 1.06 bits per heavy atom. The minimum absolute atomic E-state index is 0.00210. The Kier molecular flexibility index (Phi) is 25.4. The fraction of sp³-hybridized carbons (Fsp3) is 0.871. The number of likely N-dealkylation sites (N-methyl/N-ethyl adjacent to an activating group) is 1. The molecule has 2 amide bonds. The van der Waals surface area contributed by atoms with E-state index >= 15 is 0 Å². The van der Waals surface area contributed by atoms with Crippen molar-refractivity contribution >= 4 is 11.8 Å². The maximum absolute atomic E-state index is 12.9. The van der Waals surface area contributed by atoms with Gasteiger partial charge in [-0.1, -0.05) is 97.3 Å². The van der Waals surface area contributed by atoms with Gasteiger partial charge in [-0.25, -0.2) is 0 Å². The van der Waals surface area contributed by atoms with Gasteiger partial charge in [0.25, 0.3) is 0 Å². The van der Waals surface area contributed by atoms with E-state index in [2.05, 4.69) is 25.7 Å². The molecule has 0 radical (unpaired) electrons. The van der Waals surface area contributed by atoms with Crippen LogP contribution in [-0.2, 0) is 14.3 Å². The third-order valence-corrected chi connectivity index (χ3v) is 6.76. The molecule has 0 fully saturated rings. The van der Waals surface area contributed by atoms with Gasteiger partial charge in [0.1, 0.15) is 13.2 Å². The summed E-state index contributed by atoms with van der Waals surface area (Å²) in [5, 5.41) is 0. The molecule has 5 heteroatoms. The molecule has 0 aliphatic heterocycles. The lowest BCUT2D eigenvalue weighted by Crippen LogP contribution is -2.37. The molecule has 0 aliphatic rings. The van der Waals surface area contributed by atoms with E-state index in [-0.39, 0.29) is 25.0 Å². The molecule has 0 saturated carbocycles. The standard InChI is InChI=1S/C31H58N2O3/c1-5-8-11-14-17-18-21-24-27-33(26-23-20-16-13-10-7-3)31(35)29-36-28-30(34)32(4)25-22-19-15-12-9-6-2/h6-7,9-29H2,1-4H3. The van der Waals surface area contributed by atoms with Crippen molar-refractivity contribution in [2.24, 2.45) is 0 Å². The van der Waals surface area contributed by atoms with Crippen LogP contribution in [0.4, 0.5) is 0 Å². The Labute approximate surface area is 224 Å². The van der Waals surface area contributed by atoms with Crippen LogP contribution in [0.2, 0.25) is 0 Å². The van der Waals surface area contributed by atoms with Crippen LogP contribution in [0.1, 0.15) is 136 Å². The van der Waals surface area contributed by atoms with Crippen molar-refractivity contribution in [3.05, 3.63) is 0 Å². The van der Waals surface area contributed by atoms with Crippen molar-refractivity contribution < 1.29 is 14.3 Å². The van der Waals surface area contributed by atoms with Crippen LogP contribution < -0.4 is 0 Å². The first-order valence-electron chi connectivity index (χ1n) is 15.1. The van der Waals surface area contributed by atoms with Crippen molar-refractivity contribution in [3.8, 4) is 11.8 Å². The van der Waals surface area contributed by atoms with Gasteiger partial charge in [-0.15, -0.1) is 11.8 Å². The highest BCUT2D eigenvalue weighted by molar-refractivity contribution is 5.79. The molecule has 0 atom stereocenters. The monoisotopic (exact) mass is 506 g/mol. The number of unbranched alkanes of at least 4 members (excludes halogenated alkanes) is 15. The first-order valence-corrected chi connectivity index (χ1v) is 15.1. The number of hydrogen-bond acceptors (Lipinski definition) is 3. The molecular formula is C31H58N2O3. The lowest BCUT2D eigenvalue weighted by Gasteiger charge is -2.23. The van der Waals surface area contributed by atoms with Gasteiger partial charge in [-0.3, -0.25) is 9.59 Å².